The maximum Gasteiger partial charge on any atom is 0.338 e. The first kappa shape index (κ1) is 14.7. The van der Waals surface area contributed by atoms with Gasteiger partial charge in [-0.2, -0.15) is 5.10 Å². The summed E-state index contributed by atoms with van der Waals surface area (Å²) in [5.74, 6) is 0.00281. The number of aliphatic imine (C=N–C) groups is 1. The van der Waals surface area contributed by atoms with Crippen molar-refractivity contribution in [2.75, 3.05) is 5.75 Å². The van der Waals surface area contributed by atoms with Crippen LogP contribution in [0.25, 0.3) is 6.08 Å². The van der Waals surface area contributed by atoms with E-state index in [1.165, 1.54) is 22.2 Å². The number of thiophene rings is 1. The normalized spacial score (nSPS) is 19.7. The molecule has 3 heterocycles. The van der Waals surface area contributed by atoms with E-state index in [2.05, 4.69) is 22.6 Å². The van der Waals surface area contributed by atoms with Crippen molar-refractivity contribution in [3.8, 4) is 0 Å². The van der Waals surface area contributed by atoms with Gasteiger partial charge in [-0.3, -0.25) is 9.67 Å². The first-order valence-electron chi connectivity index (χ1n) is 7.43. The lowest BCUT2D eigenvalue weighted by Crippen LogP contribution is -2.05. The van der Waals surface area contributed by atoms with Gasteiger partial charge in [0.05, 0.1) is 29.4 Å². The highest BCUT2D eigenvalue weighted by molar-refractivity contribution is 8.14. The molecule has 0 radical (unpaired) electrons. The number of thioether (sulfide) groups is 1. The predicted octanol–water partition coefficient (Wildman–Crippen LogP) is 3.49. The van der Waals surface area contributed by atoms with Crippen LogP contribution in [0.4, 0.5) is 0 Å². The average Bonchev–Trinajstić information content (AvgIpc) is 3.26. The zero-order chi connectivity index (χ0) is 15.8. The van der Waals surface area contributed by atoms with E-state index < -0.39 is 5.97 Å². The lowest BCUT2D eigenvalue weighted by atomic mass is 9.97. The molecule has 118 valence electrons. The Morgan fingerprint density at radius 2 is 2.39 bits per heavy atom. The van der Waals surface area contributed by atoms with E-state index in [1.807, 2.05) is 0 Å². The highest BCUT2D eigenvalue weighted by Crippen LogP contribution is 2.38. The molecule has 0 bridgehead atoms. The number of fused-ring (bicyclic) bond motifs is 1. The molecule has 23 heavy (non-hydrogen) atoms. The van der Waals surface area contributed by atoms with E-state index >= 15 is 0 Å². The van der Waals surface area contributed by atoms with Crippen LogP contribution in [-0.2, 0) is 13.0 Å². The van der Waals surface area contributed by atoms with E-state index in [0.29, 0.717) is 6.54 Å². The largest absolute Gasteiger partial charge is 0.478 e. The van der Waals surface area contributed by atoms with Crippen molar-refractivity contribution in [3.63, 3.8) is 0 Å². The molecule has 0 saturated carbocycles. The van der Waals surface area contributed by atoms with Crippen LogP contribution >= 0.6 is 23.1 Å². The molecule has 2 aromatic heterocycles. The molecule has 4 rings (SSSR count). The summed E-state index contributed by atoms with van der Waals surface area (Å²) in [6.07, 6.45) is 9.60. The molecule has 1 aliphatic heterocycles. The summed E-state index contributed by atoms with van der Waals surface area (Å²) in [6.45, 7) is 0.542. The molecular weight excluding hydrogens is 330 g/mol. The number of allylic oxidation sites excluding steroid dienone is 1. The SMILES string of the molecule is O=C(O)c1cnn(CC2=NC(c3csc4c3CCC=C4)CS2)c1. The number of hydrogen-bond acceptors (Lipinski definition) is 5. The Morgan fingerprint density at radius 1 is 1.48 bits per heavy atom. The molecule has 0 spiro atoms. The van der Waals surface area contributed by atoms with Crippen molar-refractivity contribution in [2.24, 2.45) is 4.99 Å². The third kappa shape index (κ3) is 2.86. The van der Waals surface area contributed by atoms with Gasteiger partial charge in [-0.25, -0.2) is 4.79 Å². The fourth-order valence-corrected chi connectivity index (χ4v) is 5.00. The summed E-state index contributed by atoms with van der Waals surface area (Å²) in [5.41, 5.74) is 3.03. The Balaban J connectivity index is 1.52. The second kappa shape index (κ2) is 5.98. The fraction of sp³-hybridized carbons (Fsp3) is 0.312. The van der Waals surface area contributed by atoms with Crippen LogP contribution in [-0.4, -0.2) is 31.7 Å². The summed E-state index contributed by atoms with van der Waals surface area (Å²) in [7, 11) is 0. The van der Waals surface area contributed by atoms with Crippen LogP contribution in [0.5, 0.6) is 0 Å². The van der Waals surface area contributed by atoms with Crippen LogP contribution in [0, 0.1) is 0 Å². The number of carboxylic acid groups (broad SMARTS) is 1. The van der Waals surface area contributed by atoms with E-state index in [1.54, 1.807) is 34.0 Å². The van der Waals surface area contributed by atoms with Gasteiger partial charge in [-0.1, -0.05) is 6.08 Å². The van der Waals surface area contributed by atoms with Crippen molar-refractivity contribution in [1.29, 1.82) is 0 Å². The van der Waals surface area contributed by atoms with Gasteiger partial charge in [-0.15, -0.1) is 23.1 Å². The van der Waals surface area contributed by atoms with Gasteiger partial charge in [-0.05, 0) is 35.4 Å². The maximum absolute atomic E-state index is 10.9. The van der Waals surface area contributed by atoms with E-state index in [4.69, 9.17) is 10.1 Å². The van der Waals surface area contributed by atoms with Gasteiger partial charge in [0.2, 0.25) is 0 Å². The summed E-state index contributed by atoms with van der Waals surface area (Å²) < 4.78 is 1.64. The van der Waals surface area contributed by atoms with Crippen LogP contribution in [0.2, 0.25) is 0 Å². The van der Waals surface area contributed by atoms with Gasteiger partial charge in [0, 0.05) is 16.8 Å². The first-order chi connectivity index (χ1) is 11.2. The topological polar surface area (TPSA) is 67.5 Å². The Hall–Kier alpha value is -1.86. The molecule has 2 aromatic rings. The van der Waals surface area contributed by atoms with Crippen LogP contribution in [0.1, 0.15) is 38.8 Å². The number of hydrogen-bond donors (Lipinski definition) is 1. The Kier molecular flexibility index (Phi) is 3.82. The number of carbonyl (C=O) groups is 1. The summed E-state index contributed by atoms with van der Waals surface area (Å²) in [6, 6.07) is 0.219. The molecule has 1 aliphatic carbocycles. The standard InChI is InChI=1S/C16H15N3O2S2/c20-16(21)10-5-17-19(6-10)7-15-18-13(9-23-15)12-8-22-14-4-2-1-3-11(12)14/h2,4-6,8,13H,1,3,7,9H2,(H,20,21). The van der Waals surface area contributed by atoms with Crippen molar-refractivity contribution in [3.05, 3.63) is 45.4 Å². The lowest BCUT2D eigenvalue weighted by Gasteiger charge is -2.11. The highest BCUT2D eigenvalue weighted by atomic mass is 32.2. The van der Waals surface area contributed by atoms with E-state index in [9.17, 15) is 4.79 Å². The minimum atomic E-state index is -0.951. The summed E-state index contributed by atoms with van der Waals surface area (Å²) >= 11 is 3.54. The minimum absolute atomic E-state index is 0.212. The van der Waals surface area contributed by atoms with Gasteiger partial charge in [0.1, 0.15) is 0 Å². The quantitative estimate of drug-likeness (QED) is 0.921. The molecule has 1 N–H and O–H groups in total. The monoisotopic (exact) mass is 345 g/mol. The van der Waals surface area contributed by atoms with Crippen molar-refractivity contribution < 1.29 is 9.90 Å². The molecule has 5 nitrogen and oxygen atoms in total. The van der Waals surface area contributed by atoms with Gasteiger partial charge in [0.15, 0.2) is 0 Å². The zero-order valence-electron chi connectivity index (χ0n) is 12.3. The summed E-state index contributed by atoms with van der Waals surface area (Å²) in [5, 5.41) is 16.3. The molecule has 7 heteroatoms. The minimum Gasteiger partial charge on any atom is -0.478 e. The molecule has 0 aromatic carbocycles. The Labute approximate surface area is 141 Å². The van der Waals surface area contributed by atoms with Crippen LogP contribution < -0.4 is 0 Å². The van der Waals surface area contributed by atoms with Gasteiger partial charge < -0.3 is 5.11 Å². The van der Waals surface area contributed by atoms with E-state index in [0.717, 1.165) is 23.6 Å². The average molecular weight is 345 g/mol. The second-order valence-electron chi connectivity index (χ2n) is 5.56. The van der Waals surface area contributed by atoms with Crippen molar-refractivity contribution >= 4 is 40.2 Å². The molecular formula is C16H15N3O2S2. The smallest absolute Gasteiger partial charge is 0.338 e. The first-order valence-corrected chi connectivity index (χ1v) is 9.29. The van der Waals surface area contributed by atoms with Gasteiger partial charge >= 0.3 is 5.97 Å². The molecule has 0 saturated heterocycles. The number of aromatic nitrogens is 2. The molecule has 1 atom stereocenters. The molecule has 0 fully saturated rings. The highest BCUT2D eigenvalue weighted by Gasteiger charge is 2.25. The maximum atomic E-state index is 10.9. The number of rotatable bonds is 4. The predicted molar refractivity (Wildman–Crippen MR) is 93.5 cm³/mol. The third-order valence-electron chi connectivity index (χ3n) is 4.03. The molecule has 2 aliphatic rings. The lowest BCUT2D eigenvalue weighted by molar-refractivity contribution is 0.0697. The van der Waals surface area contributed by atoms with Crippen molar-refractivity contribution in [2.45, 2.75) is 25.4 Å². The second-order valence-corrected chi connectivity index (χ2v) is 7.56. The van der Waals surface area contributed by atoms with Crippen LogP contribution in [0.15, 0.2) is 28.8 Å². The zero-order valence-corrected chi connectivity index (χ0v) is 13.9. The van der Waals surface area contributed by atoms with E-state index in [-0.39, 0.29) is 11.6 Å². The summed E-state index contributed by atoms with van der Waals surface area (Å²) in [4.78, 5) is 17.1. The Bertz CT molecular complexity index is 819. The van der Waals surface area contributed by atoms with Crippen molar-refractivity contribution in [1.82, 2.24) is 9.78 Å². The molecule has 1 unspecified atom stereocenters. The van der Waals surface area contributed by atoms with Gasteiger partial charge in [0.25, 0.3) is 0 Å². The Morgan fingerprint density at radius 3 is 3.22 bits per heavy atom. The van der Waals surface area contributed by atoms with Crippen LogP contribution in [0.3, 0.4) is 0 Å². The fourth-order valence-electron chi connectivity index (χ4n) is 2.88. The number of carboxylic acids is 1. The molecule has 0 amide bonds. The third-order valence-corrected chi connectivity index (χ3v) is 6.09. The number of nitrogens with zero attached hydrogens (tertiary/aromatic N) is 3. The number of aromatic carboxylic acids is 1.